The van der Waals surface area contributed by atoms with Gasteiger partial charge in [0.05, 0.1) is 5.92 Å². The van der Waals surface area contributed by atoms with Crippen molar-refractivity contribution < 1.29 is 14.7 Å². The van der Waals surface area contributed by atoms with Gasteiger partial charge in [0.25, 0.3) is 0 Å². The van der Waals surface area contributed by atoms with Gasteiger partial charge in [-0.15, -0.1) is 0 Å². The van der Waals surface area contributed by atoms with Gasteiger partial charge < -0.3 is 15.3 Å². The van der Waals surface area contributed by atoms with Gasteiger partial charge in [-0.25, -0.2) is 4.79 Å². The number of nitrogens with one attached hydrogen (secondary N) is 1. The summed E-state index contributed by atoms with van der Waals surface area (Å²) < 4.78 is 0. The lowest BCUT2D eigenvalue weighted by atomic mass is 10.0. The van der Waals surface area contributed by atoms with Gasteiger partial charge in [0, 0.05) is 19.6 Å². The number of carboxylic acid groups (broad SMARTS) is 1. The molecule has 19 heavy (non-hydrogen) atoms. The monoisotopic (exact) mass is 268 g/mol. The van der Waals surface area contributed by atoms with Crippen molar-refractivity contribution in [2.45, 2.75) is 51.0 Å². The molecule has 0 spiro atoms. The predicted molar refractivity (Wildman–Crippen MR) is 71.9 cm³/mol. The van der Waals surface area contributed by atoms with E-state index >= 15 is 0 Å². The third kappa shape index (κ3) is 3.61. The predicted octanol–water partition coefficient (Wildman–Crippen LogP) is 2.07. The van der Waals surface area contributed by atoms with Crippen molar-refractivity contribution in [1.29, 1.82) is 0 Å². The summed E-state index contributed by atoms with van der Waals surface area (Å²) in [6, 6.07) is -0.318. The lowest BCUT2D eigenvalue weighted by molar-refractivity contribution is -0.142. The van der Waals surface area contributed by atoms with E-state index in [1.54, 1.807) is 11.9 Å². The number of aliphatic carboxylic acids is 1. The molecular weight excluding hydrogens is 244 g/mol. The Kier molecular flexibility index (Phi) is 4.66. The van der Waals surface area contributed by atoms with Gasteiger partial charge >= 0.3 is 12.0 Å². The standard InChI is InChI=1S/C14H24N2O3/c1-16(9-10-5-2-3-6-10)14(19)15-12-8-4-7-11(12)13(17)18/h10-12H,2-9H2,1H3,(H,15,19)(H,17,18). The Balaban J connectivity index is 1.80. The van der Waals surface area contributed by atoms with Gasteiger partial charge in [-0.05, 0) is 31.6 Å². The SMILES string of the molecule is CN(CC1CCCC1)C(=O)NC1CCCC1C(=O)O. The Hall–Kier alpha value is -1.26. The van der Waals surface area contributed by atoms with E-state index < -0.39 is 11.9 Å². The molecule has 0 aromatic rings. The third-order valence-corrected chi connectivity index (χ3v) is 4.50. The van der Waals surface area contributed by atoms with E-state index in [9.17, 15) is 9.59 Å². The number of nitrogens with zero attached hydrogens (tertiary/aromatic N) is 1. The number of amides is 2. The minimum Gasteiger partial charge on any atom is -0.481 e. The van der Waals surface area contributed by atoms with Crippen LogP contribution in [0.4, 0.5) is 4.79 Å². The Morgan fingerprint density at radius 3 is 2.47 bits per heavy atom. The Morgan fingerprint density at radius 1 is 1.16 bits per heavy atom. The number of carbonyl (C=O) groups is 2. The molecule has 5 heteroatoms. The zero-order valence-electron chi connectivity index (χ0n) is 11.6. The van der Waals surface area contributed by atoms with E-state index in [0.717, 1.165) is 19.4 Å². The first kappa shape index (κ1) is 14.2. The highest BCUT2D eigenvalue weighted by molar-refractivity contribution is 5.77. The average molecular weight is 268 g/mol. The lowest BCUT2D eigenvalue weighted by Gasteiger charge is -2.25. The fourth-order valence-corrected chi connectivity index (χ4v) is 3.36. The molecule has 0 saturated heterocycles. The minimum atomic E-state index is -0.791. The highest BCUT2D eigenvalue weighted by Gasteiger charge is 2.34. The topological polar surface area (TPSA) is 69.6 Å². The summed E-state index contributed by atoms with van der Waals surface area (Å²) in [6.45, 7) is 0.788. The van der Waals surface area contributed by atoms with E-state index in [0.29, 0.717) is 12.3 Å². The summed E-state index contributed by atoms with van der Waals surface area (Å²) in [5, 5.41) is 12.0. The molecule has 0 aromatic carbocycles. The smallest absolute Gasteiger partial charge is 0.317 e. The van der Waals surface area contributed by atoms with Crippen LogP contribution < -0.4 is 5.32 Å². The summed E-state index contributed by atoms with van der Waals surface area (Å²) in [4.78, 5) is 24.9. The molecule has 0 aliphatic heterocycles. The van der Waals surface area contributed by atoms with Crippen molar-refractivity contribution in [1.82, 2.24) is 10.2 Å². The van der Waals surface area contributed by atoms with Crippen molar-refractivity contribution in [3.8, 4) is 0 Å². The van der Waals surface area contributed by atoms with Crippen LogP contribution in [0, 0.1) is 11.8 Å². The summed E-state index contributed by atoms with van der Waals surface area (Å²) in [6.07, 6.45) is 7.28. The molecule has 2 unspecified atom stereocenters. The van der Waals surface area contributed by atoms with Crippen molar-refractivity contribution in [3.63, 3.8) is 0 Å². The number of carboxylic acids is 1. The van der Waals surface area contributed by atoms with Crippen LogP contribution in [-0.2, 0) is 4.79 Å². The molecule has 2 aliphatic carbocycles. The maximum Gasteiger partial charge on any atom is 0.317 e. The minimum absolute atomic E-state index is 0.120. The second kappa shape index (κ2) is 6.26. The Morgan fingerprint density at radius 2 is 1.84 bits per heavy atom. The zero-order chi connectivity index (χ0) is 13.8. The van der Waals surface area contributed by atoms with E-state index in [1.807, 2.05) is 0 Å². The van der Waals surface area contributed by atoms with Crippen molar-refractivity contribution in [3.05, 3.63) is 0 Å². The fraction of sp³-hybridized carbons (Fsp3) is 0.857. The van der Waals surface area contributed by atoms with Gasteiger partial charge in [0.15, 0.2) is 0 Å². The number of hydrogen-bond acceptors (Lipinski definition) is 2. The fourth-order valence-electron chi connectivity index (χ4n) is 3.36. The molecule has 108 valence electrons. The van der Waals surface area contributed by atoms with Gasteiger partial charge in [0.2, 0.25) is 0 Å². The molecule has 2 fully saturated rings. The Labute approximate surface area is 114 Å². The second-order valence-electron chi connectivity index (χ2n) is 5.96. The van der Waals surface area contributed by atoms with Crippen LogP contribution in [-0.4, -0.2) is 41.6 Å². The van der Waals surface area contributed by atoms with Crippen LogP contribution >= 0.6 is 0 Å². The van der Waals surface area contributed by atoms with Gasteiger partial charge in [-0.2, -0.15) is 0 Å². The van der Waals surface area contributed by atoms with Crippen LogP contribution in [0.2, 0.25) is 0 Å². The van der Waals surface area contributed by atoms with Gasteiger partial charge in [-0.3, -0.25) is 4.79 Å². The van der Waals surface area contributed by atoms with Crippen molar-refractivity contribution in [2.24, 2.45) is 11.8 Å². The molecule has 2 N–H and O–H groups in total. The molecule has 0 bridgehead atoms. The molecular formula is C14H24N2O3. The molecule has 0 radical (unpaired) electrons. The van der Waals surface area contributed by atoms with Crippen LogP contribution in [0.3, 0.4) is 0 Å². The number of hydrogen-bond donors (Lipinski definition) is 2. The summed E-state index contributed by atoms with van der Waals surface area (Å²) in [5.74, 6) is -0.584. The highest BCUT2D eigenvalue weighted by atomic mass is 16.4. The van der Waals surface area contributed by atoms with E-state index in [2.05, 4.69) is 5.32 Å². The molecule has 0 aromatic heterocycles. The molecule has 2 atom stereocenters. The third-order valence-electron chi connectivity index (χ3n) is 4.50. The first-order valence-corrected chi connectivity index (χ1v) is 7.32. The normalized spacial score (nSPS) is 27.4. The molecule has 2 aliphatic rings. The van der Waals surface area contributed by atoms with E-state index in [4.69, 9.17) is 5.11 Å². The summed E-state index contributed by atoms with van der Waals surface area (Å²) in [5.41, 5.74) is 0. The first-order valence-electron chi connectivity index (χ1n) is 7.32. The van der Waals surface area contributed by atoms with Crippen LogP contribution in [0.5, 0.6) is 0 Å². The maximum absolute atomic E-state index is 12.1. The van der Waals surface area contributed by atoms with E-state index in [1.165, 1.54) is 25.7 Å². The van der Waals surface area contributed by atoms with Crippen LogP contribution in [0.25, 0.3) is 0 Å². The first-order chi connectivity index (χ1) is 9.08. The van der Waals surface area contributed by atoms with Crippen LogP contribution in [0.15, 0.2) is 0 Å². The van der Waals surface area contributed by atoms with Gasteiger partial charge in [-0.1, -0.05) is 19.3 Å². The Bertz CT molecular complexity index is 340. The average Bonchev–Trinajstić information content (AvgIpc) is 2.99. The zero-order valence-corrected chi connectivity index (χ0v) is 11.6. The summed E-state index contributed by atoms with van der Waals surface area (Å²) in [7, 11) is 1.80. The molecule has 2 rings (SSSR count). The van der Waals surface area contributed by atoms with Gasteiger partial charge in [0.1, 0.15) is 0 Å². The van der Waals surface area contributed by atoms with Crippen molar-refractivity contribution >= 4 is 12.0 Å². The lowest BCUT2D eigenvalue weighted by Crippen LogP contribution is -2.47. The largest absolute Gasteiger partial charge is 0.481 e. The number of rotatable bonds is 4. The number of carbonyl (C=O) groups excluding carboxylic acids is 1. The molecule has 0 heterocycles. The molecule has 2 amide bonds. The highest BCUT2D eigenvalue weighted by Crippen LogP contribution is 2.27. The van der Waals surface area contributed by atoms with Crippen molar-refractivity contribution in [2.75, 3.05) is 13.6 Å². The van der Waals surface area contributed by atoms with Crippen LogP contribution in [0.1, 0.15) is 44.9 Å². The van der Waals surface area contributed by atoms with E-state index in [-0.39, 0.29) is 12.1 Å². The quantitative estimate of drug-likeness (QED) is 0.820. The molecule has 2 saturated carbocycles. The second-order valence-corrected chi connectivity index (χ2v) is 5.96. The number of urea groups is 1. The maximum atomic E-state index is 12.1. The molecule has 5 nitrogen and oxygen atoms in total. The summed E-state index contributed by atoms with van der Waals surface area (Å²) >= 11 is 0.